The molecule has 0 saturated heterocycles. The zero-order valence-electron chi connectivity index (χ0n) is 21.0. The van der Waals surface area contributed by atoms with Crippen LogP contribution in [0.25, 0.3) is 0 Å². The molecule has 2 aliphatic rings. The van der Waals surface area contributed by atoms with Gasteiger partial charge in [0.05, 0.1) is 25.9 Å². The average molecular weight is 490 g/mol. The van der Waals surface area contributed by atoms with Crippen molar-refractivity contribution in [2.24, 2.45) is 5.92 Å². The largest absolute Gasteiger partial charge is 0.496 e. The van der Waals surface area contributed by atoms with Crippen LogP contribution in [0.5, 0.6) is 5.75 Å². The fourth-order valence-electron chi connectivity index (χ4n) is 5.26. The summed E-state index contributed by atoms with van der Waals surface area (Å²) in [6.45, 7) is 5.63. The fourth-order valence-corrected chi connectivity index (χ4v) is 5.26. The van der Waals surface area contributed by atoms with Gasteiger partial charge in [-0.1, -0.05) is 48.5 Å². The molecule has 36 heavy (non-hydrogen) atoms. The van der Waals surface area contributed by atoms with Crippen molar-refractivity contribution in [3.05, 3.63) is 88.3 Å². The molecule has 0 spiro atoms. The topological polar surface area (TPSA) is 90.9 Å². The zero-order chi connectivity index (χ0) is 25.8. The Balaban J connectivity index is 1.91. The predicted octanol–water partition coefficient (Wildman–Crippen LogP) is 4.41. The maximum Gasteiger partial charge on any atom is 0.336 e. The molecular formula is C29H31NO6. The second-order valence-corrected chi connectivity index (χ2v) is 8.77. The number of methoxy groups -OCH3 is 1. The highest BCUT2D eigenvalue weighted by molar-refractivity contribution is 6.13. The summed E-state index contributed by atoms with van der Waals surface area (Å²) in [6, 6.07) is 16.8. The molecule has 3 atom stereocenters. The minimum atomic E-state index is -1.07. The normalized spacial score (nSPS) is 21.4. The Kier molecular flexibility index (Phi) is 7.58. The highest BCUT2D eigenvalue weighted by Crippen LogP contribution is 2.49. The number of benzene rings is 2. The van der Waals surface area contributed by atoms with Crippen LogP contribution in [0.3, 0.4) is 0 Å². The van der Waals surface area contributed by atoms with Gasteiger partial charge in [-0.15, -0.1) is 0 Å². The number of dihydropyridines is 1. The number of nitrogens with one attached hydrogen (secondary N) is 1. The smallest absolute Gasteiger partial charge is 0.336 e. The number of para-hydroxylation sites is 1. The number of Topliss-reactive ketones (excluding diaryl/α,β-unsaturated/α-hetero) is 1. The lowest BCUT2D eigenvalue weighted by Crippen LogP contribution is -2.43. The van der Waals surface area contributed by atoms with Crippen LogP contribution in [0.1, 0.15) is 50.2 Å². The van der Waals surface area contributed by atoms with Crippen LogP contribution in [-0.4, -0.2) is 38.0 Å². The number of ether oxygens (including phenoxy) is 3. The Morgan fingerprint density at radius 3 is 2.31 bits per heavy atom. The highest BCUT2D eigenvalue weighted by Gasteiger charge is 2.49. The van der Waals surface area contributed by atoms with Crippen LogP contribution in [0, 0.1) is 5.92 Å². The van der Waals surface area contributed by atoms with E-state index in [9.17, 15) is 14.4 Å². The van der Waals surface area contributed by atoms with Gasteiger partial charge in [0.15, 0.2) is 5.78 Å². The molecule has 4 rings (SSSR count). The lowest BCUT2D eigenvalue weighted by molar-refractivity contribution is -0.152. The molecule has 0 aromatic heterocycles. The van der Waals surface area contributed by atoms with Crippen molar-refractivity contribution in [1.29, 1.82) is 0 Å². The van der Waals surface area contributed by atoms with Crippen LogP contribution in [0.4, 0.5) is 0 Å². The summed E-state index contributed by atoms with van der Waals surface area (Å²) < 4.78 is 16.3. The molecular weight excluding hydrogens is 458 g/mol. The second kappa shape index (κ2) is 10.8. The Morgan fingerprint density at radius 2 is 1.64 bits per heavy atom. The number of ketones is 1. The Morgan fingerprint density at radius 1 is 0.972 bits per heavy atom. The minimum Gasteiger partial charge on any atom is -0.496 e. The molecule has 0 bridgehead atoms. The molecule has 1 N–H and O–H groups in total. The lowest BCUT2D eigenvalue weighted by Gasteiger charge is -2.39. The SMILES string of the molecule is CCOC(=O)C1=C(C)NC2=C(C(=O)C(C(=O)OCC)C(c3ccccc3OC)C2)C1c1ccccc1. The Labute approximate surface area is 211 Å². The summed E-state index contributed by atoms with van der Waals surface area (Å²) >= 11 is 0. The first kappa shape index (κ1) is 25.2. The predicted molar refractivity (Wildman–Crippen MR) is 134 cm³/mol. The van der Waals surface area contributed by atoms with Crippen LogP contribution >= 0.6 is 0 Å². The van der Waals surface area contributed by atoms with Crippen molar-refractivity contribution in [3.63, 3.8) is 0 Å². The van der Waals surface area contributed by atoms with Gasteiger partial charge in [-0.2, -0.15) is 0 Å². The fraction of sp³-hybridized carbons (Fsp3) is 0.345. The van der Waals surface area contributed by atoms with Crippen molar-refractivity contribution in [2.75, 3.05) is 20.3 Å². The Bertz CT molecular complexity index is 1230. The average Bonchev–Trinajstić information content (AvgIpc) is 2.88. The molecule has 0 amide bonds. The molecule has 0 saturated carbocycles. The third-order valence-electron chi connectivity index (χ3n) is 6.73. The van der Waals surface area contributed by atoms with Gasteiger partial charge in [0.1, 0.15) is 11.7 Å². The van der Waals surface area contributed by atoms with Crippen molar-refractivity contribution < 1.29 is 28.6 Å². The maximum absolute atomic E-state index is 14.3. The monoisotopic (exact) mass is 489 g/mol. The van der Waals surface area contributed by atoms with E-state index in [-0.39, 0.29) is 19.0 Å². The van der Waals surface area contributed by atoms with Gasteiger partial charge in [0.25, 0.3) is 0 Å². The lowest BCUT2D eigenvalue weighted by atomic mass is 9.67. The van der Waals surface area contributed by atoms with Gasteiger partial charge in [-0.05, 0) is 44.4 Å². The van der Waals surface area contributed by atoms with Crippen LogP contribution < -0.4 is 10.1 Å². The summed E-state index contributed by atoms with van der Waals surface area (Å²) in [5.41, 5.74) is 3.63. The molecule has 2 aromatic rings. The third-order valence-corrected chi connectivity index (χ3v) is 6.73. The standard InChI is InChI=1S/C29H31NO6/c1-5-35-28(32)23-17(3)30-21-16-20(19-14-10-11-15-22(19)34-4)25(29(33)36-6-2)27(31)26(21)24(23)18-12-8-7-9-13-18/h7-15,20,24-25,30H,5-6,16H2,1-4H3. The van der Waals surface area contributed by atoms with Crippen molar-refractivity contribution in [2.45, 2.75) is 39.0 Å². The molecule has 7 heteroatoms. The molecule has 0 fully saturated rings. The quantitative estimate of drug-likeness (QED) is 0.455. The van der Waals surface area contributed by atoms with Crippen molar-refractivity contribution in [1.82, 2.24) is 5.32 Å². The molecule has 7 nitrogen and oxygen atoms in total. The molecule has 0 radical (unpaired) electrons. The number of carbonyl (C=O) groups is 3. The number of hydrogen-bond acceptors (Lipinski definition) is 7. The number of hydrogen-bond donors (Lipinski definition) is 1. The molecule has 2 aromatic carbocycles. The van der Waals surface area contributed by atoms with E-state index in [2.05, 4.69) is 5.32 Å². The van der Waals surface area contributed by atoms with E-state index in [1.807, 2.05) is 61.5 Å². The van der Waals surface area contributed by atoms with E-state index < -0.39 is 29.7 Å². The summed E-state index contributed by atoms with van der Waals surface area (Å²) in [5.74, 6) is -3.06. The van der Waals surface area contributed by atoms with E-state index in [0.717, 1.165) is 11.1 Å². The Hall–Kier alpha value is -3.87. The van der Waals surface area contributed by atoms with E-state index in [0.29, 0.717) is 34.7 Å². The second-order valence-electron chi connectivity index (χ2n) is 8.77. The first-order chi connectivity index (χ1) is 17.4. The summed E-state index contributed by atoms with van der Waals surface area (Å²) in [6.07, 6.45) is 0.377. The van der Waals surface area contributed by atoms with Crippen molar-refractivity contribution in [3.8, 4) is 5.75 Å². The zero-order valence-corrected chi connectivity index (χ0v) is 21.0. The molecule has 1 aliphatic carbocycles. The summed E-state index contributed by atoms with van der Waals surface area (Å²) in [5, 5.41) is 3.31. The van der Waals surface area contributed by atoms with Crippen LogP contribution in [0.2, 0.25) is 0 Å². The van der Waals surface area contributed by atoms with Gasteiger partial charge in [0.2, 0.25) is 0 Å². The number of esters is 2. The maximum atomic E-state index is 14.3. The van der Waals surface area contributed by atoms with Crippen LogP contribution in [-0.2, 0) is 23.9 Å². The molecule has 1 aliphatic heterocycles. The number of rotatable bonds is 7. The summed E-state index contributed by atoms with van der Waals surface area (Å²) in [4.78, 5) is 40.6. The third kappa shape index (κ3) is 4.53. The minimum absolute atomic E-state index is 0.153. The highest BCUT2D eigenvalue weighted by atomic mass is 16.5. The molecule has 188 valence electrons. The van der Waals surface area contributed by atoms with E-state index in [4.69, 9.17) is 14.2 Å². The van der Waals surface area contributed by atoms with Gasteiger partial charge in [0, 0.05) is 28.8 Å². The van der Waals surface area contributed by atoms with Crippen molar-refractivity contribution >= 4 is 17.7 Å². The van der Waals surface area contributed by atoms with Gasteiger partial charge < -0.3 is 19.5 Å². The van der Waals surface area contributed by atoms with Crippen LogP contribution in [0.15, 0.2) is 77.1 Å². The number of allylic oxidation sites excluding steroid dienone is 3. The van der Waals surface area contributed by atoms with E-state index in [1.54, 1.807) is 21.0 Å². The van der Waals surface area contributed by atoms with E-state index >= 15 is 0 Å². The summed E-state index contributed by atoms with van der Waals surface area (Å²) in [7, 11) is 1.57. The molecule has 3 unspecified atom stereocenters. The van der Waals surface area contributed by atoms with Gasteiger partial charge in [-0.25, -0.2) is 4.79 Å². The van der Waals surface area contributed by atoms with Gasteiger partial charge in [-0.3, -0.25) is 9.59 Å². The van der Waals surface area contributed by atoms with Gasteiger partial charge >= 0.3 is 11.9 Å². The first-order valence-electron chi connectivity index (χ1n) is 12.2. The van der Waals surface area contributed by atoms with E-state index in [1.165, 1.54) is 0 Å². The number of carbonyl (C=O) groups excluding carboxylic acids is 3. The first-order valence-corrected chi connectivity index (χ1v) is 12.2. The molecule has 1 heterocycles.